The van der Waals surface area contributed by atoms with E-state index in [1.54, 1.807) is 0 Å². The average molecular weight is 305 g/mol. The van der Waals surface area contributed by atoms with E-state index in [2.05, 4.69) is 21.9 Å². The summed E-state index contributed by atoms with van der Waals surface area (Å²) in [6.07, 6.45) is 6.01. The molecule has 1 aliphatic rings. The van der Waals surface area contributed by atoms with Crippen LogP contribution in [0.2, 0.25) is 0 Å². The van der Waals surface area contributed by atoms with Crippen LogP contribution in [0.5, 0.6) is 5.75 Å². The molecule has 1 heterocycles. The molecule has 21 heavy (non-hydrogen) atoms. The predicted molar refractivity (Wildman–Crippen MR) is 90.1 cm³/mol. The summed E-state index contributed by atoms with van der Waals surface area (Å²) in [6.45, 7) is 4.06. The van der Waals surface area contributed by atoms with Crippen molar-refractivity contribution < 1.29 is 4.74 Å². The first kappa shape index (κ1) is 14.6. The molecule has 2 atom stereocenters. The second kappa shape index (κ2) is 5.79. The lowest BCUT2D eigenvalue weighted by Crippen LogP contribution is -2.17. The number of fused-ring (bicyclic) bond motifs is 1. The lowest BCUT2D eigenvalue weighted by atomic mass is 10.2. The van der Waals surface area contributed by atoms with Gasteiger partial charge in [-0.1, -0.05) is 12.5 Å². The molecular weight excluding hydrogens is 282 g/mol. The molecule has 114 valence electrons. The zero-order chi connectivity index (χ0) is 15.0. The zero-order valence-electron chi connectivity index (χ0n) is 12.9. The first-order valence-corrected chi connectivity index (χ1v) is 8.86. The standard InChI is InChI=1S/C16H23N3OS/c1-10(2)20-13-8-4-7-12-15(13)18-16(17)19(12)11-6-5-9-14(11)21-3/h4,7-8,10-11,14H,5-6,9H2,1-3H3,(H2,17,18). The average Bonchev–Trinajstić information content (AvgIpc) is 3.01. The molecule has 3 rings (SSSR count). The highest BCUT2D eigenvalue weighted by atomic mass is 32.2. The minimum absolute atomic E-state index is 0.132. The quantitative estimate of drug-likeness (QED) is 0.932. The fraction of sp³-hybridized carbons (Fsp3) is 0.562. The highest BCUT2D eigenvalue weighted by molar-refractivity contribution is 7.99. The van der Waals surface area contributed by atoms with Gasteiger partial charge in [-0.25, -0.2) is 4.98 Å². The Morgan fingerprint density at radius 3 is 2.90 bits per heavy atom. The lowest BCUT2D eigenvalue weighted by molar-refractivity contribution is 0.245. The van der Waals surface area contributed by atoms with E-state index in [9.17, 15) is 0 Å². The summed E-state index contributed by atoms with van der Waals surface area (Å²) < 4.78 is 8.09. The normalized spacial score (nSPS) is 22.3. The molecule has 2 aromatic rings. The summed E-state index contributed by atoms with van der Waals surface area (Å²) in [5.41, 5.74) is 8.22. The minimum atomic E-state index is 0.132. The lowest BCUT2D eigenvalue weighted by Gasteiger charge is -2.21. The van der Waals surface area contributed by atoms with Crippen LogP contribution in [0.15, 0.2) is 18.2 Å². The van der Waals surface area contributed by atoms with Gasteiger partial charge in [-0.2, -0.15) is 11.8 Å². The number of hydrogen-bond acceptors (Lipinski definition) is 4. The van der Waals surface area contributed by atoms with E-state index in [0.29, 0.717) is 17.2 Å². The zero-order valence-corrected chi connectivity index (χ0v) is 13.7. The van der Waals surface area contributed by atoms with Gasteiger partial charge in [-0.3, -0.25) is 0 Å². The van der Waals surface area contributed by atoms with Crippen LogP contribution in [-0.2, 0) is 0 Å². The van der Waals surface area contributed by atoms with Gasteiger partial charge in [-0.15, -0.1) is 0 Å². The van der Waals surface area contributed by atoms with Gasteiger partial charge in [0.05, 0.1) is 11.6 Å². The largest absolute Gasteiger partial charge is 0.489 e. The van der Waals surface area contributed by atoms with Crippen LogP contribution in [0.25, 0.3) is 11.0 Å². The number of thioether (sulfide) groups is 1. The van der Waals surface area contributed by atoms with Crippen molar-refractivity contribution in [1.82, 2.24) is 9.55 Å². The summed E-state index contributed by atoms with van der Waals surface area (Å²) in [5, 5.41) is 0.624. The smallest absolute Gasteiger partial charge is 0.201 e. The number of nitrogen functional groups attached to an aromatic ring is 1. The van der Waals surface area contributed by atoms with E-state index in [1.807, 2.05) is 37.7 Å². The Balaban J connectivity index is 2.09. The summed E-state index contributed by atoms with van der Waals surface area (Å²) >= 11 is 1.94. The van der Waals surface area contributed by atoms with Gasteiger partial charge in [-0.05, 0) is 45.1 Å². The first-order chi connectivity index (χ1) is 10.1. The van der Waals surface area contributed by atoms with Crippen molar-refractivity contribution in [3.8, 4) is 5.75 Å². The van der Waals surface area contributed by atoms with E-state index in [-0.39, 0.29) is 6.10 Å². The van der Waals surface area contributed by atoms with Crippen LogP contribution >= 0.6 is 11.8 Å². The number of nitrogens with zero attached hydrogens (tertiary/aromatic N) is 2. The molecule has 0 aliphatic heterocycles. The Kier molecular flexibility index (Phi) is 4.02. The topological polar surface area (TPSA) is 53.1 Å². The molecule has 4 nitrogen and oxygen atoms in total. The highest BCUT2D eigenvalue weighted by Crippen LogP contribution is 2.41. The second-order valence-electron chi connectivity index (χ2n) is 5.90. The molecule has 0 amide bonds. The van der Waals surface area contributed by atoms with E-state index >= 15 is 0 Å². The van der Waals surface area contributed by atoms with Crippen LogP contribution in [-0.4, -0.2) is 27.2 Å². The molecule has 1 aliphatic carbocycles. The van der Waals surface area contributed by atoms with Crippen molar-refractivity contribution >= 4 is 28.7 Å². The molecule has 1 aromatic carbocycles. The SMILES string of the molecule is CSC1CCCC1n1c(N)nc2c(OC(C)C)cccc21. The molecular formula is C16H23N3OS. The number of para-hydroxylation sites is 1. The van der Waals surface area contributed by atoms with Crippen molar-refractivity contribution in [2.45, 2.75) is 50.5 Å². The Morgan fingerprint density at radius 1 is 1.38 bits per heavy atom. The van der Waals surface area contributed by atoms with Crippen molar-refractivity contribution in [3.63, 3.8) is 0 Å². The second-order valence-corrected chi connectivity index (χ2v) is 6.98. The van der Waals surface area contributed by atoms with Crippen LogP contribution < -0.4 is 10.5 Å². The van der Waals surface area contributed by atoms with Crippen LogP contribution in [0.4, 0.5) is 5.95 Å². The maximum Gasteiger partial charge on any atom is 0.201 e. The molecule has 1 fully saturated rings. The Bertz CT molecular complexity index is 638. The molecule has 2 unspecified atom stereocenters. The van der Waals surface area contributed by atoms with E-state index < -0.39 is 0 Å². The molecule has 0 radical (unpaired) electrons. The van der Waals surface area contributed by atoms with Gasteiger partial charge in [0.15, 0.2) is 0 Å². The molecule has 0 bridgehead atoms. The monoisotopic (exact) mass is 305 g/mol. The van der Waals surface area contributed by atoms with Crippen molar-refractivity contribution in [3.05, 3.63) is 18.2 Å². The minimum Gasteiger partial charge on any atom is -0.489 e. The van der Waals surface area contributed by atoms with Crippen molar-refractivity contribution in [1.29, 1.82) is 0 Å². The summed E-state index contributed by atoms with van der Waals surface area (Å²) in [4.78, 5) is 4.59. The number of aromatic nitrogens is 2. The van der Waals surface area contributed by atoms with Gasteiger partial charge in [0.1, 0.15) is 11.3 Å². The fourth-order valence-electron chi connectivity index (χ4n) is 3.28. The number of rotatable bonds is 4. The third kappa shape index (κ3) is 2.59. The third-order valence-corrected chi connectivity index (χ3v) is 5.28. The number of imidazole rings is 1. The maximum atomic E-state index is 6.24. The van der Waals surface area contributed by atoms with Crippen LogP contribution in [0, 0.1) is 0 Å². The van der Waals surface area contributed by atoms with E-state index in [0.717, 1.165) is 16.8 Å². The number of nitrogens with two attached hydrogens (primary N) is 1. The molecule has 1 aromatic heterocycles. The molecule has 2 N–H and O–H groups in total. The number of ether oxygens (including phenoxy) is 1. The first-order valence-electron chi connectivity index (χ1n) is 7.57. The van der Waals surface area contributed by atoms with Crippen LogP contribution in [0.1, 0.15) is 39.2 Å². The van der Waals surface area contributed by atoms with Gasteiger partial charge in [0.2, 0.25) is 5.95 Å². The highest BCUT2D eigenvalue weighted by Gasteiger charge is 2.31. The molecule has 0 spiro atoms. The summed E-state index contributed by atoms with van der Waals surface area (Å²) in [6, 6.07) is 6.54. The number of anilines is 1. The van der Waals surface area contributed by atoms with Gasteiger partial charge < -0.3 is 15.0 Å². The van der Waals surface area contributed by atoms with Crippen molar-refractivity contribution in [2.24, 2.45) is 0 Å². The maximum absolute atomic E-state index is 6.24. The molecule has 0 saturated heterocycles. The summed E-state index contributed by atoms with van der Waals surface area (Å²) in [7, 11) is 0. The third-order valence-electron chi connectivity index (χ3n) is 4.13. The molecule has 5 heteroatoms. The fourth-order valence-corrected chi connectivity index (χ4v) is 4.26. The van der Waals surface area contributed by atoms with Gasteiger partial charge in [0, 0.05) is 11.3 Å². The number of hydrogen-bond donors (Lipinski definition) is 1. The van der Waals surface area contributed by atoms with Gasteiger partial charge >= 0.3 is 0 Å². The number of benzene rings is 1. The van der Waals surface area contributed by atoms with Crippen LogP contribution in [0.3, 0.4) is 0 Å². The molecule has 1 saturated carbocycles. The van der Waals surface area contributed by atoms with Crippen molar-refractivity contribution in [2.75, 3.05) is 12.0 Å². The van der Waals surface area contributed by atoms with Gasteiger partial charge in [0.25, 0.3) is 0 Å². The Labute approximate surface area is 130 Å². The Morgan fingerprint density at radius 2 is 2.19 bits per heavy atom. The Hall–Kier alpha value is -1.36. The predicted octanol–water partition coefficient (Wildman–Crippen LogP) is 3.86. The van der Waals surface area contributed by atoms with E-state index in [4.69, 9.17) is 10.5 Å². The van der Waals surface area contributed by atoms with E-state index in [1.165, 1.54) is 19.3 Å². The summed E-state index contributed by atoms with van der Waals surface area (Å²) in [5.74, 6) is 1.43.